The van der Waals surface area contributed by atoms with Gasteiger partial charge in [0.25, 0.3) is 0 Å². The van der Waals surface area contributed by atoms with Crippen LogP contribution in [-0.2, 0) is 6.54 Å². The Morgan fingerprint density at radius 2 is 1.72 bits per heavy atom. The summed E-state index contributed by atoms with van der Waals surface area (Å²) in [5.74, 6) is 0. The lowest BCUT2D eigenvalue weighted by atomic mass is 10.1. The largest absolute Gasteiger partial charge is 0.369 e. The quantitative estimate of drug-likeness (QED) is 0.603. The highest BCUT2D eigenvalue weighted by Crippen LogP contribution is 2.26. The van der Waals surface area contributed by atoms with E-state index in [9.17, 15) is 0 Å². The van der Waals surface area contributed by atoms with E-state index in [0.29, 0.717) is 0 Å². The summed E-state index contributed by atoms with van der Waals surface area (Å²) in [6.45, 7) is 10.6. The fraction of sp³-hybridized carbons (Fsp3) is 0.391. The molecule has 1 aliphatic rings. The van der Waals surface area contributed by atoms with Gasteiger partial charge in [-0.05, 0) is 49.6 Å². The van der Waals surface area contributed by atoms with Crippen LogP contribution in [0.15, 0.2) is 48.7 Å². The molecule has 0 N–H and O–H groups in total. The van der Waals surface area contributed by atoms with Crippen molar-refractivity contribution in [2.24, 2.45) is 0 Å². The second-order valence-corrected chi connectivity index (χ2v) is 8.18. The summed E-state index contributed by atoms with van der Waals surface area (Å²) in [5.41, 5.74) is 6.04. The van der Waals surface area contributed by atoms with Gasteiger partial charge in [-0.2, -0.15) is 0 Å². The summed E-state index contributed by atoms with van der Waals surface area (Å²) in [5, 5.41) is 9.10. The minimum atomic E-state index is 0.735. The number of nitrogens with zero attached hydrogens (tertiary/aromatic N) is 5. The maximum Gasteiger partial charge on any atom is 0.0900 e. The molecule has 6 heteroatoms. The topological polar surface area (TPSA) is 37.2 Å². The van der Waals surface area contributed by atoms with Crippen molar-refractivity contribution in [3.05, 3.63) is 64.8 Å². The van der Waals surface area contributed by atoms with Crippen LogP contribution in [0.3, 0.4) is 0 Å². The molecule has 0 unspecified atom stereocenters. The van der Waals surface area contributed by atoms with Crippen molar-refractivity contribution in [3.8, 4) is 11.3 Å². The Kier molecular flexibility index (Phi) is 6.16. The van der Waals surface area contributed by atoms with Gasteiger partial charge in [-0.25, -0.2) is 4.68 Å². The molecule has 1 aliphatic heterocycles. The van der Waals surface area contributed by atoms with Gasteiger partial charge < -0.3 is 4.90 Å². The predicted molar refractivity (Wildman–Crippen MR) is 120 cm³/mol. The number of piperazine rings is 1. The molecule has 1 fully saturated rings. The number of hydrogen-bond acceptors (Lipinski definition) is 4. The van der Waals surface area contributed by atoms with Gasteiger partial charge in [0.05, 0.1) is 16.9 Å². The van der Waals surface area contributed by atoms with Gasteiger partial charge in [-0.15, -0.1) is 5.10 Å². The molecule has 29 heavy (non-hydrogen) atoms. The third-order valence-electron chi connectivity index (χ3n) is 5.84. The van der Waals surface area contributed by atoms with Gasteiger partial charge in [-0.3, -0.25) is 4.90 Å². The number of rotatable bonds is 6. The highest BCUT2D eigenvalue weighted by Gasteiger charge is 2.17. The van der Waals surface area contributed by atoms with E-state index < -0.39 is 0 Å². The van der Waals surface area contributed by atoms with Crippen molar-refractivity contribution in [1.82, 2.24) is 19.9 Å². The molecule has 3 aromatic rings. The van der Waals surface area contributed by atoms with Crippen LogP contribution in [0.2, 0.25) is 5.02 Å². The zero-order valence-corrected chi connectivity index (χ0v) is 17.9. The normalized spacial score (nSPS) is 15.1. The molecule has 0 radical (unpaired) electrons. The number of hydrogen-bond donors (Lipinski definition) is 0. The fourth-order valence-corrected chi connectivity index (χ4v) is 4.13. The van der Waals surface area contributed by atoms with E-state index in [1.54, 1.807) is 6.20 Å². The molecular formula is C23H28ClN5. The van der Waals surface area contributed by atoms with Gasteiger partial charge in [-0.1, -0.05) is 41.1 Å². The van der Waals surface area contributed by atoms with Crippen LogP contribution in [0.25, 0.3) is 11.3 Å². The third-order valence-corrected chi connectivity index (χ3v) is 6.17. The second-order valence-electron chi connectivity index (χ2n) is 7.77. The summed E-state index contributed by atoms with van der Waals surface area (Å²) in [4.78, 5) is 5.04. The van der Waals surface area contributed by atoms with Crippen molar-refractivity contribution >= 4 is 17.3 Å². The Balaban J connectivity index is 1.28. The van der Waals surface area contributed by atoms with Crippen LogP contribution in [-0.4, -0.2) is 52.6 Å². The number of aryl methyl sites for hydroxylation is 3. The summed E-state index contributed by atoms with van der Waals surface area (Å²) in [7, 11) is 0. The van der Waals surface area contributed by atoms with Crippen LogP contribution < -0.4 is 4.90 Å². The van der Waals surface area contributed by atoms with Gasteiger partial charge in [0, 0.05) is 50.5 Å². The molecule has 1 saturated heterocycles. The summed E-state index contributed by atoms with van der Waals surface area (Å²) >= 11 is 6.34. The van der Waals surface area contributed by atoms with Crippen molar-refractivity contribution in [3.63, 3.8) is 0 Å². The lowest BCUT2D eigenvalue weighted by molar-refractivity contribution is 0.249. The SMILES string of the molecule is Cc1ccc(N2CCN(CCCn3nncc3-c3ccccc3Cl)CC2)cc1C. The fourth-order valence-electron chi connectivity index (χ4n) is 3.90. The Morgan fingerprint density at radius 1 is 0.931 bits per heavy atom. The van der Waals surface area contributed by atoms with E-state index in [-0.39, 0.29) is 0 Å². The molecular weight excluding hydrogens is 382 g/mol. The lowest BCUT2D eigenvalue weighted by Gasteiger charge is -2.36. The number of anilines is 1. The first-order valence-corrected chi connectivity index (χ1v) is 10.7. The summed E-state index contributed by atoms with van der Waals surface area (Å²) in [6.07, 6.45) is 2.84. The Bertz CT molecular complexity index is 959. The monoisotopic (exact) mass is 409 g/mol. The maximum atomic E-state index is 6.34. The van der Waals surface area contributed by atoms with Crippen LogP contribution in [0.5, 0.6) is 0 Å². The second kappa shape index (κ2) is 8.97. The zero-order valence-electron chi connectivity index (χ0n) is 17.2. The number of aromatic nitrogens is 3. The smallest absolute Gasteiger partial charge is 0.0900 e. The molecule has 1 aromatic heterocycles. The minimum Gasteiger partial charge on any atom is -0.369 e. The Morgan fingerprint density at radius 3 is 2.48 bits per heavy atom. The molecule has 0 bridgehead atoms. The van der Waals surface area contributed by atoms with E-state index in [1.807, 2.05) is 28.9 Å². The third kappa shape index (κ3) is 4.62. The molecule has 0 spiro atoms. The van der Waals surface area contributed by atoms with Crippen LogP contribution >= 0.6 is 11.6 Å². The van der Waals surface area contributed by atoms with Crippen molar-refractivity contribution in [1.29, 1.82) is 0 Å². The first-order valence-electron chi connectivity index (χ1n) is 10.3. The number of benzene rings is 2. The summed E-state index contributed by atoms with van der Waals surface area (Å²) < 4.78 is 1.96. The first kappa shape index (κ1) is 19.9. The van der Waals surface area contributed by atoms with E-state index in [0.717, 1.165) is 62.0 Å². The maximum absolute atomic E-state index is 6.34. The molecule has 2 heterocycles. The number of halogens is 1. The van der Waals surface area contributed by atoms with E-state index in [2.05, 4.69) is 52.2 Å². The van der Waals surface area contributed by atoms with E-state index in [4.69, 9.17) is 11.6 Å². The Labute approximate surface area is 177 Å². The van der Waals surface area contributed by atoms with Gasteiger partial charge in [0.1, 0.15) is 0 Å². The highest BCUT2D eigenvalue weighted by molar-refractivity contribution is 6.33. The predicted octanol–water partition coefficient (Wildman–Crippen LogP) is 4.43. The standard InChI is InChI=1S/C23H28ClN5/c1-18-8-9-20(16-19(18)2)28-14-12-27(13-15-28)10-5-11-29-23(17-25-26-29)21-6-3-4-7-22(21)24/h3-4,6-9,16-17H,5,10-15H2,1-2H3. The minimum absolute atomic E-state index is 0.735. The molecule has 2 aromatic carbocycles. The Hall–Kier alpha value is -2.37. The van der Waals surface area contributed by atoms with Crippen molar-refractivity contribution < 1.29 is 0 Å². The molecule has 0 atom stereocenters. The summed E-state index contributed by atoms with van der Waals surface area (Å²) in [6, 6.07) is 14.6. The van der Waals surface area contributed by atoms with Crippen LogP contribution in [0.1, 0.15) is 17.5 Å². The van der Waals surface area contributed by atoms with Crippen LogP contribution in [0, 0.1) is 13.8 Å². The van der Waals surface area contributed by atoms with Gasteiger partial charge in [0.15, 0.2) is 0 Å². The lowest BCUT2D eigenvalue weighted by Crippen LogP contribution is -2.46. The molecule has 152 valence electrons. The molecule has 5 nitrogen and oxygen atoms in total. The average Bonchev–Trinajstić information content (AvgIpc) is 3.19. The highest BCUT2D eigenvalue weighted by atomic mass is 35.5. The van der Waals surface area contributed by atoms with E-state index in [1.165, 1.54) is 16.8 Å². The molecule has 0 aliphatic carbocycles. The van der Waals surface area contributed by atoms with Gasteiger partial charge in [0.2, 0.25) is 0 Å². The first-order chi connectivity index (χ1) is 14.1. The molecule has 0 amide bonds. The van der Waals surface area contributed by atoms with Crippen molar-refractivity contribution in [2.75, 3.05) is 37.6 Å². The van der Waals surface area contributed by atoms with Crippen LogP contribution in [0.4, 0.5) is 5.69 Å². The molecule has 4 rings (SSSR count). The zero-order chi connectivity index (χ0) is 20.2. The molecule has 0 saturated carbocycles. The van der Waals surface area contributed by atoms with Gasteiger partial charge >= 0.3 is 0 Å². The van der Waals surface area contributed by atoms with E-state index >= 15 is 0 Å². The average molecular weight is 410 g/mol. The van der Waals surface area contributed by atoms with Crippen molar-refractivity contribution in [2.45, 2.75) is 26.8 Å².